The van der Waals surface area contributed by atoms with E-state index in [4.69, 9.17) is 4.74 Å². The minimum absolute atomic E-state index is 0.126. The van der Waals surface area contributed by atoms with E-state index in [-0.39, 0.29) is 41.8 Å². The summed E-state index contributed by atoms with van der Waals surface area (Å²) in [7, 11) is 0. The van der Waals surface area contributed by atoms with Crippen molar-refractivity contribution in [3.8, 4) is 22.3 Å². The molecule has 95 heavy (non-hydrogen) atoms. The quantitative estimate of drug-likeness (QED) is 0.0337. The molecule has 2 saturated heterocycles. The fourth-order valence-electron chi connectivity index (χ4n) is 10.3. The molecule has 5 aromatic heterocycles. The van der Waals surface area contributed by atoms with E-state index in [1.807, 2.05) is 91.5 Å². The maximum absolute atomic E-state index is 12.9. The number of carboxylic acids is 1. The molecule has 504 valence electrons. The van der Waals surface area contributed by atoms with Crippen molar-refractivity contribution in [2.45, 2.75) is 94.9 Å². The first-order chi connectivity index (χ1) is 45.6. The lowest BCUT2D eigenvalue weighted by Gasteiger charge is -2.37. The normalized spacial score (nSPS) is 13.8. The van der Waals surface area contributed by atoms with Gasteiger partial charge in [-0.3, -0.25) is 39.9 Å². The summed E-state index contributed by atoms with van der Waals surface area (Å²) in [5.41, 5.74) is 6.08. The number of aryl methyl sites for hydroxylation is 1. The molecule has 7 heterocycles. The number of fused-ring (bicyclic) bond motifs is 3. The van der Waals surface area contributed by atoms with E-state index < -0.39 is 16.8 Å². The first kappa shape index (κ1) is 71.1. The van der Waals surface area contributed by atoms with Gasteiger partial charge in [-0.05, 0) is 148 Å². The van der Waals surface area contributed by atoms with Gasteiger partial charge in [0.15, 0.2) is 15.4 Å². The number of amides is 9. The minimum Gasteiger partial charge on any atom is -0.481 e. The van der Waals surface area contributed by atoms with Gasteiger partial charge >= 0.3 is 30.0 Å². The number of ether oxygens (including phenoxy) is 1. The summed E-state index contributed by atoms with van der Waals surface area (Å²) in [5, 5.41) is 35.3. The van der Waals surface area contributed by atoms with Gasteiger partial charge in [-0.2, -0.15) is 0 Å². The summed E-state index contributed by atoms with van der Waals surface area (Å²) in [6, 6.07) is 10.0. The van der Waals surface area contributed by atoms with Crippen LogP contribution in [0.25, 0.3) is 52.9 Å². The van der Waals surface area contributed by atoms with Crippen LogP contribution in [0.5, 0.6) is 0 Å². The van der Waals surface area contributed by atoms with E-state index >= 15 is 0 Å². The van der Waals surface area contributed by atoms with Crippen LogP contribution >= 0.6 is 34.0 Å². The minimum atomic E-state index is -0.775. The van der Waals surface area contributed by atoms with Crippen molar-refractivity contribution in [1.29, 1.82) is 0 Å². The molecule has 0 spiro atoms. The first-order valence-electron chi connectivity index (χ1n) is 31.4. The number of anilines is 5. The number of thiazole rings is 3. The molecule has 0 saturated carbocycles. The molecule has 10 rings (SSSR count). The Morgan fingerprint density at radius 3 is 1.12 bits per heavy atom. The molecule has 0 aliphatic carbocycles. The second-order valence-corrected chi connectivity index (χ2v) is 25.7. The molecule has 3 aromatic carbocycles. The number of piperidine rings is 2. The number of nitrogens with one attached hydrogen (secondary N) is 9. The number of carbonyl (C=O) groups is 8. The molecular weight excluding hydrogens is 1280 g/mol. The highest BCUT2D eigenvalue weighted by molar-refractivity contribution is 7.23. The Bertz CT molecular complexity index is 4090. The summed E-state index contributed by atoms with van der Waals surface area (Å²) in [6.07, 6.45) is 9.22. The van der Waals surface area contributed by atoms with E-state index in [0.717, 1.165) is 27.0 Å². The van der Waals surface area contributed by atoms with Crippen LogP contribution in [0, 0.1) is 17.8 Å². The Balaban J connectivity index is 0.000000190. The predicted molar refractivity (Wildman–Crippen MR) is 371 cm³/mol. The van der Waals surface area contributed by atoms with Gasteiger partial charge < -0.3 is 51.5 Å². The Kier molecular flexibility index (Phi) is 24.2. The Morgan fingerprint density at radius 1 is 0.463 bits per heavy atom. The predicted octanol–water partition coefficient (Wildman–Crippen LogP) is 9.65. The lowest BCUT2D eigenvalue weighted by atomic mass is 9.80. The van der Waals surface area contributed by atoms with Crippen LogP contribution in [0.1, 0.15) is 125 Å². The number of urea groups is 3. The molecule has 0 atom stereocenters. The lowest BCUT2D eigenvalue weighted by molar-refractivity contribution is -0.155. The molecule has 0 unspecified atom stereocenters. The van der Waals surface area contributed by atoms with Crippen LogP contribution in [0.3, 0.4) is 0 Å². The highest BCUT2D eigenvalue weighted by atomic mass is 32.1. The zero-order valence-corrected chi connectivity index (χ0v) is 57.2. The average molecular weight is 1360 g/mol. The average Bonchev–Trinajstić information content (AvgIpc) is 1.67. The summed E-state index contributed by atoms with van der Waals surface area (Å²) in [4.78, 5) is 133. The summed E-state index contributed by atoms with van der Waals surface area (Å²) in [6.45, 7) is 24.4. The van der Waals surface area contributed by atoms with Crippen LogP contribution in [-0.2, 0) is 14.3 Å². The second-order valence-electron chi connectivity index (χ2n) is 22.7. The van der Waals surface area contributed by atoms with Crippen molar-refractivity contribution < 1.29 is 48.2 Å². The smallest absolute Gasteiger partial charge is 0.321 e. The highest BCUT2D eigenvalue weighted by Crippen LogP contribution is 2.38. The molecular formula is C64H80N18O10S3. The van der Waals surface area contributed by atoms with Gasteiger partial charge in [-0.25, -0.2) is 49.3 Å². The summed E-state index contributed by atoms with van der Waals surface area (Å²) >= 11 is 3.78. The van der Waals surface area contributed by atoms with Crippen molar-refractivity contribution in [1.82, 2.24) is 66.8 Å². The monoisotopic (exact) mass is 1360 g/mol. The van der Waals surface area contributed by atoms with Crippen molar-refractivity contribution in [3.63, 3.8) is 0 Å². The van der Waals surface area contributed by atoms with Crippen molar-refractivity contribution >= 4 is 140 Å². The lowest BCUT2D eigenvalue weighted by Crippen LogP contribution is -2.44. The van der Waals surface area contributed by atoms with Crippen molar-refractivity contribution in [2.24, 2.45) is 10.8 Å². The topological polar surface area (TPSA) is 371 Å². The van der Waals surface area contributed by atoms with Crippen LogP contribution in [-0.4, -0.2) is 160 Å². The Hall–Kier alpha value is -9.75. The van der Waals surface area contributed by atoms with Crippen LogP contribution in [0.4, 0.5) is 41.7 Å². The number of carboxylic acid groups (broad SMARTS) is 1. The van der Waals surface area contributed by atoms with Crippen molar-refractivity contribution in [3.05, 3.63) is 83.4 Å². The number of benzene rings is 3. The zero-order chi connectivity index (χ0) is 68.6. The molecule has 8 aromatic rings. The number of esters is 1. The van der Waals surface area contributed by atoms with E-state index in [2.05, 4.69) is 87.6 Å². The number of carbonyl (C=O) groups excluding carboxylic acids is 7. The molecule has 0 bridgehead atoms. The molecule has 0 radical (unpaired) electrons. The maximum atomic E-state index is 12.9. The van der Waals surface area contributed by atoms with Crippen molar-refractivity contribution in [2.75, 3.05) is 97.8 Å². The number of aliphatic carboxylic acids is 1. The van der Waals surface area contributed by atoms with Gasteiger partial charge in [0.25, 0.3) is 17.7 Å². The van der Waals surface area contributed by atoms with E-state index in [1.54, 1.807) is 43.8 Å². The van der Waals surface area contributed by atoms with Gasteiger partial charge in [-0.1, -0.05) is 34.0 Å². The first-order valence-corrected chi connectivity index (χ1v) is 33.9. The fraction of sp³-hybridized carbons (Fsp3) is 0.422. The number of rotatable bonds is 19. The number of hydrogen-bond donors (Lipinski definition) is 10. The number of aromatic nitrogens is 7. The molecule has 31 heteroatoms. The van der Waals surface area contributed by atoms with E-state index in [0.29, 0.717) is 173 Å². The molecule has 10 N–H and O–H groups in total. The van der Waals surface area contributed by atoms with Crippen LogP contribution < -0.4 is 57.7 Å². The highest BCUT2D eigenvalue weighted by Gasteiger charge is 2.39. The van der Waals surface area contributed by atoms with Gasteiger partial charge in [-0.15, -0.1) is 0 Å². The van der Waals surface area contributed by atoms with Gasteiger partial charge in [0, 0.05) is 101 Å². The second kappa shape index (κ2) is 32.4. The SMILES string of the molecule is CCNC(=O)Nc1nc2cc(-c3cnc(N4CCC(C)(C(=O)O)CC4)nc3)cc(C(=O)NCC)c2s1.CCNC(=O)Nc1nc2cc(-c3cnc(N4CCC(C)(C(=O)OCC)CC4)nc3)cc(C(=O)NCC)c2s1.CCNC(=O)Nc1nc2cc(C)cc(C(=O)NCC)c2s1. The molecule has 2 fully saturated rings. The molecule has 28 nitrogen and oxygen atoms in total. The third-order valence-corrected chi connectivity index (χ3v) is 18.6. The Morgan fingerprint density at radius 2 is 0.789 bits per heavy atom. The van der Waals surface area contributed by atoms with Gasteiger partial charge in [0.05, 0.1) is 64.8 Å². The van der Waals surface area contributed by atoms with E-state index in [9.17, 15) is 43.5 Å². The largest absolute Gasteiger partial charge is 0.481 e. The summed E-state index contributed by atoms with van der Waals surface area (Å²) in [5.74, 6) is -0.374. The van der Waals surface area contributed by atoms with E-state index in [1.165, 1.54) is 34.0 Å². The zero-order valence-electron chi connectivity index (χ0n) is 54.8. The number of nitrogens with zero attached hydrogens (tertiary/aromatic N) is 9. The van der Waals surface area contributed by atoms with Gasteiger partial charge in [0.1, 0.15) is 0 Å². The maximum Gasteiger partial charge on any atom is 0.321 e. The molecule has 9 amide bonds. The standard InChI is InChI=1S/C26H33N7O4S.C24H29N7O4S.C14H18N4O2S/c1-5-27-21(34)18-12-16(13-19-20(18)38-25(31-19)32-24(36)28-6-2)17-14-29-23(30-15-17)33-10-8-26(4,9-11-33)22(35)37-7-3;1-4-25-19(32)16-10-14(11-17-18(16)36-23(29-17)30-22(35)26-5-2)15-12-27-21(28-13-15)31-8-6-24(3,7-9-31)20(33)34;1-4-15-12(19)9-6-8(3)7-10-11(9)21-14(17-10)18-13(20)16-5-2/h12-15H,5-11H2,1-4H3,(H,27,34)(H2,28,31,32,36);10-13H,4-9H2,1-3H3,(H,25,32)(H,33,34)(H2,26,29,30,35);6-7H,4-5H2,1-3H3,(H,15,19)(H2,16,17,18,20). The third-order valence-electron chi connectivity index (χ3n) is 15.6. The fourth-order valence-corrected chi connectivity index (χ4v) is 13.2. The molecule has 2 aliphatic heterocycles. The Labute approximate surface area is 561 Å². The van der Waals surface area contributed by atoms with Crippen LogP contribution in [0.15, 0.2) is 61.2 Å². The number of hydrogen-bond acceptors (Lipinski definition) is 21. The summed E-state index contributed by atoms with van der Waals surface area (Å²) < 4.78 is 7.38. The molecule has 2 aliphatic rings. The van der Waals surface area contributed by atoms with Crippen LogP contribution in [0.2, 0.25) is 0 Å². The third kappa shape index (κ3) is 17.7. The van der Waals surface area contributed by atoms with Gasteiger partial charge in [0.2, 0.25) is 11.9 Å².